The van der Waals surface area contributed by atoms with E-state index in [0.29, 0.717) is 11.3 Å². The number of aromatic nitrogens is 6. The summed E-state index contributed by atoms with van der Waals surface area (Å²) in [7, 11) is 0. The number of hydrogen-bond acceptors (Lipinski definition) is 7. The third kappa shape index (κ3) is 2.47. The minimum atomic E-state index is -1.08. The number of fused-ring (bicyclic) bond motifs is 1. The second-order valence-corrected chi connectivity index (χ2v) is 6.62. The van der Waals surface area contributed by atoms with Gasteiger partial charge in [-0.05, 0) is 35.5 Å². The van der Waals surface area contributed by atoms with Crippen molar-refractivity contribution in [2.24, 2.45) is 0 Å². The predicted molar refractivity (Wildman–Crippen MR) is 88.8 cm³/mol. The van der Waals surface area contributed by atoms with Gasteiger partial charge < -0.3 is 10.2 Å². The van der Waals surface area contributed by atoms with Gasteiger partial charge in [-0.25, -0.2) is 9.78 Å². The van der Waals surface area contributed by atoms with E-state index in [4.69, 9.17) is 0 Å². The van der Waals surface area contributed by atoms with Crippen molar-refractivity contribution >= 4 is 23.0 Å². The van der Waals surface area contributed by atoms with Crippen molar-refractivity contribution in [1.82, 2.24) is 29.6 Å². The molecule has 0 saturated heterocycles. The Morgan fingerprint density at radius 1 is 1.36 bits per heavy atom. The first-order chi connectivity index (χ1) is 12.1. The summed E-state index contributed by atoms with van der Waals surface area (Å²) >= 11 is 1.59. The number of nitrogens with zero attached hydrogens (tertiary/aromatic N) is 6. The maximum atomic E-state index is 11.6. The topological polar surface area (TPSA) is 118 Å². The van der Waals surface area contributed by atoms with E-state index in [1.807, 2.05) is 19.1 Å². The lowest BCUT2D eigenvalue weighted by Gasteiger charge is -2.08. The molecule has 0 unspecified atom stereocenters. The summed E-state index contributed by atoms with van der Waals surface area (Å²) in [4.78, 5) is 18.1. The lowest BCUT2D eigenvalue weighted by Crippen LogP contribution is -2.09. The minimum Gasteiger partial charge on any atom is -0.478 e. The normalized spacial score (nSPS) is 11.3. The molecule has 9 nitrogen and oxygen atoms in total. The summed E-state index contributed by atoms with van der Waals surface area (Å²) in [5, 5.41) is 30.0. The van der Waals surface area contributed by atoms with Crippen molar-refractivity contribution in [2.45, 2.75) is 13.5 Å². The van der Waals surface area contributed by atoms with Gasteiger partial charge in [0.1, 0.15) is 12.3 Å². The fraction of sp³-hybridized carbons (Fsp3) is 0.133. The van der Waals surface area contributed by atoms with Gasteiger partial charge >= 0.3 is 5.97 Å². The molecule has 0 aliphatic rings. The zero-order chi connectivity index (χ0) is 17.6. The molecule has 10 heteroatoms. The Morgan fingerprint density at radius 3 is 2.88 bits per heavy atom. The van der Waals surface area contributed by atoms with Gasteiger partial charge in [0.05, 0.1) is 22.3 Å². The number of rotatable bonds is 4. The van der Waals surface area contributed by atoms with Crippen molar-refractivity contribution in [2.75, 3.05) is 0 Å². The third-order valence-electron chi connectivity index (χ3n) is 3.73. The largest absolute Gasteiger partial charge is 0.478 e. The van der Waals surface area contributed by atoms with Gasteiger partial charge in [0, 0.05) is 11.1 Å². The molecule has 4 heterocycles. The number of tetrazole rings is 1. The highest BCUT2D eigenvalue weighted by atomic mass is 32.1. The number of aliphatic hydroxyl groups is 1. The van der Waals surface area contributed by atoms with Crippen molar-refractivity contribution < 1.29 is 15.0 Å². The highest BCUT2D eigenvalue weighted by Gasteiger charge is 2.19. The zero-order valence-electron chi connectivity index (χ0n) is 13.0. The molecule has 0 aliphatic heterocycles. The van der Waals surface area contributed by atoms with E-state index >= 15 is 0 Å². The van der Waals surface area contributed by atoms with Crippen molar-refractivity contribution in [3.05, 3.63) is 46.9 Å². The lowest BCUT2D eigenvalue weighted by atomic mass is 10.2. The molecule has 4 rings (SSSR count). The summed E-state index contributed by atoms with van der Waals surface area (Å²) < 4.78 is 2.99. The molecule has 0 saturated carbocycles. The van der Waals surface area contributed by atoms with E-state index in [1.165, 1.54) is 16.9 Å². The number of aromatic carboxylic acids is 1. The quantitative estimate of drug-likeness (QED) is 0.569. The number of carboxylic acid groups (broad SMARTS) is 1. The Hall–Kier alpha value is -3.11. The van der Waals surface area contributed by atoms with E-state index < -0.39 is 5.97 Å². The molecule has 4 aromatic heterocycles. The fourth-order valence-corrected chi connectivity index (χ4v) is 3.46. The highest BCUT2D eigenvalue weighted by Crippen LogP contribution is 2.30. The number of pyridine rings is 1. The molecule has 0 spiro atoms. The second-order valence-electron chi connectivity index (χ2n) is 5.33. The average molecular weight is 356 g/mol. The molecule has 0 aliphatic carbocycles. The molecule has 0 radical (unpaired) electrons. The molecule has 4 aromatic rings. The van der Waals surface area contributed by atoms with Crippen LogP contribution in [-0.2, 0) is 6.61 Å². The predicted octanol–water partition coefficient (Wildman–Crippen LogP) is 1.54. The van der Waals surface area contributed by atoms with Crippen molar-refractivity contribution in [3.8, 4) is 16.3 Å². The summed E-state index contributed by atoms with van der Waals surface area (Å²) in [6, 6.07) is 5.39. The summed E-state index contributed by atoms with van der Waals surface area (Å²) in [6.45, 7) is 1.62. The van der Waals surface area contributed by atoms with Crippen LogP contribution in [0.1, 0.15) is 21.1 Å². The molecule has 0 amide bonds. The first kappa shape index (κ1) is 15.4. The van der Waals surface area contributed by atoms with Crippen molar-refractivity contribution in [3.63, 3.8) is 0 Å². The van der Waals surface area contributed by atoms with Gasteiger partial charge in [-0.1, -0.05) is 0 Å². The van der Waals surface area contributed by atoms with Gasteiger partial charge in [-0.2, -0.15) is 4.68 Å². The average Bonchev–Trinajstić information content (AvgIpc) is 3.31. The molecule has 25 heavy (non-hydrogen) atoms. The van der Waals surface area contributed by atoms with Crippen molar-refractivity contribution in [1.29, 1.82) is 0 Å². The van der Waals surface area contributed by atoms with E-state index in [2.05, 4.69) is 20.5 Å². The second kappa shape index (κ2) is 5.76. The number of aryl methyl sites for hydroxylation is 1. The first-order valence-corrected chi connectivity index (χ1v) is 8.10. The SMILES string of the molecule is Cc1ccc(-c2cnc3c(-n4nnnc4CO)cc(C(=O)O)cn23)s1. The summed E-state index contributed by atoms with van der Waals surface area (Å²) in [5.41, 5.74) is 1.71. The van der Waals surface area contributed by atoms with Crippen LogP contribution in [0.15, 0.2) is 30.6 Å². The van der Waals surface area contributed by atoms with Crippen LogP contribution in [0.5, 0.6) is 0 Å². The monoisotopic (exact) mass is 356 g/mol. The Balaban J connectivity index is 2.03. The Kier molecular flexibility index (Phi) is 3.55. The van der Waals surface area contributed by atoms with Crippen LogP contribution in [0.4, 0.5) is 0 Å². The van der Waals surface area contributed by atoms with Crippen LogP contribution in [0.2, 0.25) is 0 Å². The van der Waals surface area contributed by atoms with E-state index in [0.717, 1.165) is 15.4 Å². The van der Waals surface area contributed by atoms with Crippen LogP contribution in [0.25, 0.3) is 21.9 Å². The summed E-state index contributed by atoms with van der Waals surface area (Å²) in [6.07, 6.45) is 3.19. The molecule has 2 N–H and O–H groups in total. The number of hydrogen-bond donors (Lipinski definition) is 2. The van der Waals surface area contributed by atoms with Gasteiger partial charge in [0.15, 0.2) is 11.5 Å². The van der Waals surface area contributed by atoms with Gasteiger partial charge in [-0.15, -0.1) is 16.4 Å². The lowest BCUT2D eigenvalue weighted by molar-refractivity contribution is 0.0696. The fourth-order valence-electron chi connectivity index (χ4n) is 2.59. The number of aliphatic hydroxyl groups excluding tert-OH is 1. The van der Waals surface area contributed by atoms with Gasteiger partial charge in [-0.3, -0.25) is 4.40 Å². The maximum Gasteiger partial charge on any atom is 0.337 e. The smallest absolute Gasteiger partial charge is 0.337 e. The van der Waals surface area contributed by atoms with Crippen LogP contribution < -0.4 is 0 Å². The Bertz CT molecular complexity index is 1100. The maximum absolute atomic E-state index is 11.6. The number of thiophene rings is 1. The molecule has 0 atom stereocenters. The minimum absolute atomic E-state index is 0.0643. The van der Waals surface area contributed by atoms with Crippen LogP contribution in [0, 0.1) is 6.92 Å². The van der Waals surface area contributed by atoms with E-state index in [9.17, 15) is 15.0 Å². The summed E-state index contributed by atoms with van der Waals surface area (Å²) in [5.74, 6) is -0.885. The van der Waals surface area contributed by atoms with Gasteiger partial charge in [0.2, 0.25) is 0 Å². The molecule has 0 fully saturated rings. The third-order valence-corrected chi connectivity index (χ3v) is 4.75. The first-order valence-electron chi connectivity index (χ1n) is 7.28. The van der Waals surface area contributed by atoms with E-state index in [1.54, 1.807) is 21.9 Å². The molecule has 0 bridgehead atoms. The molecular weight excluding hydrogens is 344 g/mol. The number of carboxylic acids is 1. The van der Waals surface area contributed by atoms with Gasteiger partial charge in [0.25, 0.3) is 0 Å². The van der Waals surface area contributed by atoms with Crippen LogP contribution >= 0.6 is 11.3 Å². The molecule has 0 aromatic carbocycles. The molecule has 126 valence electrons. The molecular formula is C15H12N6O3S. The highest BCUT2D eigenvalue weighted by molar-refractivity contribution is 7.15. The Morgan fingerprint density at radius 2 is 2.20 bits per heavy atom. The van der Waals surface area contributed by atoms with E-state index in [-0.39, 0.29) is 18.0 Å². The van der Waals surface area contributed by atoms with Crippen LogP contribution in [0.3, 0.4) is 0 Å². The number of imidazole rings is 1. The standard InChI is InChI=1S/C15H12N6O3S/c1-8-2-3-12(25-8)11-5-16-14-10(21-13(7-22)17-18-19-21)4-9(15(23)24)6-20(11)14/h2-6,22H,7H2,1H3,(H,23,24). The Labute approximate surface area is 144 Å². The van der Waals surface area contributed by atoms with Crippen LogP contribution in [-0.4, -0.2) is 45.8 Å². The number of carbonyl (C=O) groups is 1. The zero-order valence-corrected chi connectivity index (χ0v) is 13.8.